The first-order chi connectivity index (χ1) is 15.7. The first-order valence-electron chi connectivity index (χ1n) is 10.6. The number of nitrogens with zero attached hydrogens (tertiary/aromatic N) is 3. The average Bonchev–Trinajstić information content (AvgIpc) is 3.47. The molecule has 2 aliphatic rings. The van der Waals surface area contributed by atoms with E-state index < -0.39 is 17.7 Å². The van der Waals surface area contributed by atoms with E-state index in [9.17, 15) is 18.0 Å². The highest BCUT2D eigenvalue weighted by molar-refractivity contribution is 7.13. The van der Waals surface area contributed by atoms with Gasteiger partial charge in [-0.25, -0.2) is 14.8 Å². The minimum Gasteiger partial charge on any atom is -0.478 e. The number of halogens is 3. The fourth-order valence-corrected chi connectivity index (χ4v) is 5.03. The highest BCUT2D eigenvalue weighted by Gasteiger charge is 2.36. The van der Waals surface area contributed by atoms with E-state index in [1.54, 1.807) is 0 Å². The molecule has 33 heavy (non-hydrogen) atoms. The molecule has 1 aliphatic heterocycles. The predicted molar refractivity (Wildman–Crippen MR) is 119 cm³/mol. The number of likely N-dealkylation sites (N-methyl/N-ethyl adjacent to an activating group) is 1. The normalized spacial score (nSPS) is 16.5. The van der Waals surface area contributed by atoms with Crippen LogP contribution in [-0.4, -0.2) is 39.5 Å². The highest BCUT2D eigenvalue weighted by atomic mass is 32.1. The maximum Gasteiger partial charge on any atom is 0.420 e. The molecule has 1 saturated carbocycles. The Bertz CT molecular complexity index is 1240. The van der Waals surface area contributed by atoms with Crippen molar-refractivity contribution in [1.82, 2.24) is 14.9 Å². The van der Waals surface area contributed by atoms with Crippen LogP contribution in [0.15, 0.2) is 29.8 Å². The number of hydrogen-bond donors (Lipinski definition) is 2. The summed E-state index contributed by atoms with van der Waals surface area (Å²) in [5.41, 5.74) is 3.06. The topological polar surface area (TPSA) is 78.4 Å². The van der Waals surface area contributed by atoms with Crippen LogP contribution < -0.4 is 5.32 Å². The van der Waals surface area contributed by atoms with Gasteiger partial charge in [0.25, 0.3) is 0 Å². The molecule has 0 bridgehead atoms. The summed E-state index contributed by atoms with van der Waals surface area (Å²) in [5.74, 6) is -0.723. The van der Waals surface area contributed by atoms with Crippen molar-refractivity contribution in [2.24, 2.45) is 0 Å². The number of thiophene rings is 1. The molecule has 1 aromatic carbocycles. The molecule has 1 fully saturated rings. The number of carbonyl (C=O) groups is 1. The second-order valence-electron chi connectivity index (χ2n) is 8.55. The number of nitrogens with one attached hydrogen (secondary N) is 1. The molecule has 2 N–H and O–H groups in total. The number of hydrogen-bond acceptors (Lipinski definition) is 6. The lowest BCUT2D eigenvalue weighted by atomic mass is 9.94. The number of anilines is 2. The number of carboxylic acids is 1. The maximum atomic E-state index is 13.6. The van der Waals surface area contributed by atoms with Gasteiger partial charge in [0, 0.05) is 30.4 Å². The van der Waals surface area contributed by atoms with Crippen molar-refractivity contribution >= 4 is 28.9 Å². The van der Waals surface area contributed by atoms with Gasteiger partial charge in [-0.15, -0.1) is 11.3 Å². The Morgan fingerprint density at radius 1 is 1.24 bits per heavy atom. The van der Waals surface area contributed by atoms with E-state index >= 15 is 0 Å². The Hall–Kier alpha value is -2.98. The van der Waals surface area contributed by atoms with E-state index in [0.717, 1.165) is 61.1 Å². The fraction of sp³-hybridized carbons (Fsp3) is 0.348. The van der Waals surface area contributed by atoms with Crippen LogP contribution >= 0.6 is 11.3 Å². The molecule has 0 saturated heterocycles. The summed E-state index contributed by atoms with van der Waals surface area (Å²) in [7, 11) is 2.09. The van der Waals surface area contributed by atoms with Crippen LogP contribution in [0.3, 0.4) is 0 Å². The molecule has 1 aliphatic carbocycles. The minimum absolute atomic E-state index is 0.0538. The van der Waals surface area contributed by atoms with E-state index in [1.807, 2.05) is 0 Å². The predicted octanol–water partition coefficient (Wildman–Crippen LogP) is 5.53. The second kappa shape index (κ2) is 8.11. The van der Waals surface area contributed by atoms with Gasteiger partial charge in [0.05, 0.1) is 16.1 Å². The number of aromatic nitrogens is 2. The molecule has 3 heterocycles. The number of benzene rings is 1. The Morgan fingerprint density at radius 3 is 2.70 bits per heavy atom. The van der Waals surface area contributed by atoms with Gasteiger partial charge in [-0.2, -0.15) is 13.2 Å². The van der Waals surface area contributed by atoms with E-state index in [2.05, 4.69) is 39.4 Å². The van der Waals surface area contributed by atoms with Crippen LogP contribution in [0.25, 0.3) is 10.6 Å². The van der Waals surface area contributed by atoms with Gasteiger partial charge in [-0.3, -0.25) is 0 Å². The Balaban J connectivity index is 1.55. The molecule has 0 amide bonds. The second-order valence-corrected chi connectivity index (χ2v) is 9.46. The molecule has 0 atom stereocenters. The first kappa shape index (κ1) is 21.8. The average molecular weight is 475 g/mol. The summed E-state index contributed by atoms with van der Waals surface area (Å²) in [6.45, 7) is 1.82. The van der Waals surface area contributed by atoms with Crippen molar-refractivity contribution in [3.8, 4) is 10.6 Å². The van der Waals surface area contributed by atoms with Crippen molar-refractivity contribution in [2.45, 2.75) is 37.9 Å². The molecule has 0 radical (unpaired) electrons. The smallest absolute Gasteiger partial charge is 0.420 e. The molecule has 5 rings (SSSR count). The molecule has 0 spiro atoms. The third-order valence-corrected chi connectivity index (χ3v) is 6.95. The van der Waals surface area contributed by atoms with Crippen molar-refractivity contribution < 1.29 is 23.1 Å². The number of rotatable bonds is 5. The van der Waals surface area contributed by atoms with Crippen LogP contribution in [0.1, 0.15) is 51.4 Å². The van der Waals surface area contributed by atoms with Crippen LogP contribution in [-0.2, 0) is 19.1 Å². The molecular weight excluding hydrogens is 453 g/mol. The number of aromatic carboxylic acids is 1. The van der Waals surface area contributed by atoms with E-state index in [-0.39, 0.29) is 22.1 Å². The quantitative estimate of drug-likeness (QED) is 0.506. The van der Waals surface area contributed by atoms with Crippen molar-refractivity contribution in [3.63, 3.8) is 0 Å². The summed E-state index contributed by atoms with van der Waals surface area (Å²) in [4.78, 5) is 21.8. The minimum atomic E-state index is -4.67. The van der Waals surface area contributed by atoms with E-state index in [4.69, 9.17) is 5.11 Å². The van der Waals surface area contributed by atoms with Gasteiger partial charge in [-0.05, 0) is 61.1 Å². The molecule has 0 unspecified atom stereocenters. The molecule has 2 aromatic heterocycles. The fourth-order valence-electron chi connectivity index (χ4n) is 4.14. The summed E-state index contributed by atoms with van der Waals surface area (Å²) in [6.07, 6.45) is -0.851. The number of alkyl halides is 3. The van der Waals surface area contributed by atoms with Gasteiger partial charge in [-0.1, -0.05) is 6.07 Å². The monoisotopic (exact) mass is 474 g/mol. The molecule has 6 nitrogen and oxygen atoms in total. The zero-order valence-electron chi connectivity index (χ0n) is 17.7. The Morgan fingerprint density at radius 2 is 2.03 bits per heavy atom. The third kappa shape index (κ3) is 4.45. The molecule has 172 valence electrons. The third-order valence-electron chi connectivity index (χ3n) is 6.01. The van der Waals surface area contributed by atoms with Gasteiger partial charge in [0.2, 0.25) is 5.95 Å². The Labute approximate surface area is 192 Å². The summed E-state index contributed by atoms with van der Waals surface area (Å²) in [5, 5.41) is 13.6. The summed E-state index contributed by atoms with van der Waals surface area (Å²) < 4.78 is 40.9. The van der Waals surface area contributed by atoms with Crippen molar-refractivity contribution in [3.05, 3.63) is 57.6 Å². The zero-order chi connectivity index (χ0) is 23.3. The standard InChI is InChI=1S/C23H21F3N4O2S/c1-30-5-4-13-7-18(16(12-2-3-12)6-14(13)10-30)28-22-27-9-17(23(24,25)26)20(29-22)19-8-15(11-33-19)21(31)32/h6-9,11-12H,2-5,10H2,1H3,(H,31,32)(H,27,28,29). The molecule has 10 heteroatoms. The maximum absolute atomic E-state index is 13.6. The molecular formula is C23H21F3N4O2S. The van der Waals surface area contributed by atoms with Gasteiger partial charge in [0.1, 0.15) is 5.56 Å². The van der Waals surface area contributed by atoms with Gasteiger partial charge in [0.15, 0.2) is 0 Å². The van der Waals surface area contributed by atoms with Crippen LogP contribution in [0.2, 0.25) is 0 Å². The van der Waals surface area contributed by atoms with E-state index in [0.29, 0.717) is 5.92 Å². The number of fused-ring (bicyclic) bond motifs is 1. The van der Waals surface area contributed by atoms with Crippen LogP contribution in [0, 0.1) is 0 Å². The number of carboxylic acid groups (broad SMARTS) is 1. The zero-order valence-corrected chi connectivity index (χ0v) is 18.6. The lowest BCUT2D eigenvalue weighted by molar-refractivity contribution is -0.137. The first-order valence-corrected chi connectivity index (χ1v) is 11.4. The summed E-state index contributed by atoms with van der Waals surface area (Å²) >= 11 is 0.910. The van der Waals surface area contributed by atoms with Crippen LogP contribution in [0.5, 0.6) is 0 Å². The van der Waals surface area contributed by atoms with E-state index in [1.165, 1.54) is 22.6 Å². The summed E-state index contributed by atoms with van der Waals surface area (Å²) in [6, 6.07) is 5.48. The highest BCUT2D eigenvalue weighted by Crippen LogP contribution is 2.46. The lowest BCUT2D eigenvalue weighted by Gasteiger charge is -2.27. The Kier molecular flexibility index (Phi) is 5.37. The molecule has 3 aromatic rings. The van der Waals surface area contributed by atoms with Crippen molar-refractivity contribution in [1.29, 1.82) is 0 Å². The van der Waals surface area contributed by atoms with Crippen LogP contribution in [0.4, 0.5) is 24.8 Å². The largest absolute Gasteiger partial charge is 0.478 e. The van der Waals surface area contributed by atoms with Gasteiger partial charge < -0.3 is 15.3 Å². The lowest BCUT2D eigenvalue weighted by Crippen LogP contribution is -2.26. The van der Waals surface area contributed by atoms with Gasteiger partial charge >= 0.3 is 12.1 Å². The van der Waals surface area contributed by atoms with Crippen molar-refractivity contribution in [2.75, 3.05) is 18.9 Å². The SMILES string of the molecule is CN1CCc2cc(Nc3ncc(C(F)(F)F)c(-c4cc(C(=O)O)cs4)n3)c(C3CC3)cc2C1.